The van der Waals surface area contributed by atoms with Gasteiger partial charge in [0.1, 0.15) is 9.71 Å². The minimum absolute atomic E-state index is 0.140. The van der Waals surface area contributed by atoms with Crippen molar-refractivity contribution in [2.75, 3.05) is 23.3 Å². The summed E-state index contributed by atoms with van der Waals surface area (Å²) in [5.74, 6) is -0.424. The lowest BCUT2D eigenvalue weighted by Gasteiger charge is -2.32. The van der Waals surface area contributed by atoms with Crippen LogP contribution in [-0.4, -0.2) is 46.9 Å². The minimum atomic E-state index is -0.342. The molecule has 9 heteroatoms. The number of hydrogen-bond donors (Lipinski definition) is 2. The van der Waals surface area contributed by atoms with Gasteiger partial charge >= 0.3 is 6.03 Å². The Balaban J connectivity index is 1.30. The van der Waals surface area contributed by atoms with Crippen LogP contribution in [-0.2, 0) is 4.79 Å². The molecule has 2 aliphatic heterocycles. The van der Waals surface area contributed by atoms with Crippen molar-refractivity contribution in [2.24, 2.45) is 0 Å². The number of nitrogens with one attached hydrogen (secondary N) is 2. The predicted molar refractivity (Wildman–Crippen MR) is 150 cm³/mol. The average Bonchev–Trinajstić information content (AvgIpc) is 3.33. The molecule has 1 saturated heterocycles. The zero-order chi connectivity index (χ0) is 26.2. The lowest BCUT2D eigenvalue weighted by molar-refractivity contribution is -0.127. The van der Waals surface area contributed by atoms with Crippen LogP contribution in [0.2, 0.25) is 0 Å². The quantitative estimate of drug-likeness (QED) is 0.335. The summed E-state index contributed by atoms with van der Waals surface area (Å²) < 4.78 is 0. The Morgan fingerprint density at radius 1 is 1.08 bits per heavy atom. The minimum Gasteiger partial charge on any atom is -0.347 e. The van der Waals surface area contributed by atoms with E-state index in [-0.39, 0.29) is 23.9 Å². The Hall–Kier alpha value is -4.50. The van der Waals surface area contributed by atoms with Gasteiger partial charge in [0.2, 0.25) is 5.91 Å². The van der Waals surface area contributed by atoms with Crippen LogP contribution in [0.15, 0.2) is 79.5 Å². The summed E-state index contributed by atoms with van der Waals surface area (Å²) in [6, 6.07) is 19.1. The fourth-order valence-corrected chi connectivity index (χ4v) is 6.13. The van der Waals surface area contributed by atoms with Crippen molar-refractivity contribution in [1.82, 2.24) is 15.2 Å². The molecule has 0 aliphatic carbocycles. The first-order chi connectivity index (χ1) is 18.5. The van der Waals surface area contributed by atoms with Crippen LogP contribution >= 0.6 is 11.3 Å². The van der Waals surface area contributed by atoms with Gasteiger partial charge in [-0.25, -0.2) is 9.78 Å². The zero-order valence-corrected chi connectivity index (χ0v) is 21.3. The third-order valence-electron chi connectivity index (χ3n) is 6.93. The van der Waals surface area contributed by atoms with Gasteiger partial charge in [-0.3, -0.25) is 14.5 Å². The van der Waals surface area contributed by atoms with E-state index in [0.29, 0.717) is 39.9 Å². The van der Waals surface area contributed by atoms with E-state index in [1.807, 2.05) is 54.6 Å². The predicted octanol–water partition coefficient (Wildman–Crippen LogP) is 5.55. The largest absolute Gasteiger partial charge is 0.347 e. The number of likely N-dealkylation sites (tertiary alicyclic amines) is 1. The summed E-state index contributed by atoms with van der Waals surface area (Å²) in [4.78, 5) is 47.6. The molecule has 2 N–H and O–H groups in total. The second-order valence-corrected chi connectivity index (χ2v) is 10.3. The molecule has 0 spiro atoms. The summed E-state index contributed by atoms with van der Waals surface area (Å²) >= 11 is 1.25. The topological polar surface area (TPSA) is 94.6 Å². The van der Waals surface area contributed by atoms with E-state index in [9.17, 15) is 14.4 Å². The number of rotatable bonds is 5. The van der Waals surface area contributed by atoms with Crippen molar-refractivity contribution >= 4 is 56.5 Å². The Labute approximate surface area is 223 Å². The number of thiophene rings is 1. The second-order valence-electron chi connectivity index (χ2n) is 9.30. The summed E-state index contributed by atoms with van der Waals surface area (Å²) in [6.45, 7) is 4.64. The van der Waals surface area contributed by atoms with Crippen LogP contribution in [0.1, 0.15) is 22.5 Å². The number of piperidine rings is 1. The normalized spacial score (nSPS) is 16.7. The highest BCUT2D eigenvalue weighted by molar-refractivity contribution is 7.21. The van der Waals surface area contributed by atoms with E-state index in [0.717, 1.165) is 29.4 Å². The number of benzene rings is 2. The van der Waals surface area contributed by atoms with Crippen molar-refractivity contribution in [3.05, 3.63) is 84.4 Å². The Morgan fingerprint density at radius 3 is 2.61 bits per heavy atom. The van der Waals surface area contributed by atoms with Crippen LogP contribution in [0.3, 0.4) is 0 Å². The number of carbonyl (C=O) groups is 3. The Kier molecular flexibility index (Phi) is 6.13. The van der Waals surface area contributed by atoms with Gasteiger partial charge in [0.25, 0.3) is 5.91 Å². The molecule has 1 fully saturated rings. The van der Waals surface area contributed by atoms with E-state index in [2.05, 4.69) is 22.2 Å². The van der Waals surface area contributed by atoms with E-state index in [4.69, 9.17) is 0 Å². The molecule has 4 amide bonds. The summed E-state index contributed by atoms with van der Waals surface area (Å²) in [6.07, 6.45) is 4.52. The molecule has 0 saturated carbocycles. The van der Waals surface area contributed by atoms with Crippen molar-refractivity contribution in [3.63, 3.8) is 0 Å². The fraction of sp³-hybridized carbons (Fsp3) is 0.172. The van der Waals surface area contributed by atoms with Crippen molar-refractivity contribution < 1.29 is 14.4 Å². The number of pyridine rings is 1. The lowest BCUT2D eigenvalue weighted by Crippen LogP contribution is -2.49. The molecule has 1 unspecified atom stereocenters. The zero-order valence-electron chi connectivity index (χ0n) is 20.5. The van der Waals surface area contributed by atoms with E-state index in [1.165, 1.54) is 17.4 Å². The summed E-state index contributed by atoms with van der Waals surface area (Å²) in [7, 11) is 0. The SMILES string of the molecule is C=CC(=O)N1CCCC(NC(=O)c2sc3nccc4c3c2NC(=O)N4c2ccc(-c3ccccc3)cc2)C1. The number of carbonyl (C=O) groups excluding carboxylic acids is 3. The molecule has 1 atom stereocenters. The molecule has 4 heterocycles. The Morgan fingerprint density at radius 2 is 1.84 bits per heavy atom. The maximum absolute atomic E-state index is 13.4. The standard InChI is InChI=1S/C29H25N5O3S/c1-2-23(35)33-16-6-9-20(17-33)31-27(36)26-25-24-22(14-15-30-28(24)38-26)34(29(37)32-25)21-12-10-19(11-13-21)18-7-4-3-5-8-18/h2-5,7-8,10-15,20H,1,6,9,16-17H2,(H,31,36)(H,32,37). The second kappa shape index (κ2) is 9.75. The van der Waals surface area contributed by atoms with Crippen LogP contribution in [0, 0.1) is 0 Å². The number of nitrogens with zero attached hydrogens (tertiary/aromatic N) is 3. The fourth-order valence-electron chi connectivity index (χ4n) is 5.11. The van der Waals surface area contributed by atoms with Crippen LogP contribution < -0.4 is 15.5 Å². The smallest absolute Gasteiger partial charge is 0.331 e. The first kappa shape index (κ1) is 23.9. The van der Waals surface area contributed by atoms with Crippen molar-refractivity contribution in [2.45, 2.75) is 18.9 Å². The highest BCUT2D eigenvalue weighted by atomic mass is 32.1. The van der Waals surface area contributed by atoms with Gasteiger partial charge in [0.15, 0.2) is 0 Å². The van der Waals surface area contributed by atoms with E-state index >= 15 is 0 Å². The van der Waals surface area contributed by atoms with Crippen LogP contribution in [0.4, 0.5) is 21.9 Å². The molecule has 8 nitrogen and oxygen atoms in total. The number of aromatic nitrogens is 1. The molecule has 190 valence electrons. The molecule has 2 aromatic carbocycles. The first-order valence-corrected chi connectivity index (χ1v) is 13.3. The number of hydrogen-bond acceptors (Lipinski definition) is 5. The van der Waals surface area contributed by atoms with Gasteiger partial charge in [0, 0.05) is 25.3 Å². The van der Waals surface area contributed by atoms with Crippen molar-refractivity contribution in [3.8, 4) is 11.1 Å². The highest BCUT2D eigenvalue weighted by Crippen LogP contribution is 2.45. The third-order valence-corrected chi connectivity index (χ3v) is 8.02. The molecular weight excluding hydrogens is 498 g/mol. The van der Waals surface area contributed by atoms with Crippen LogP contribution in [0.5, 0.6) is 0 Å². The van der Waals surface area contributed by atoms with Gasteiger partial charge in [-0.1, -0.05) is 49.0 Å². The van der Waals surface area contributed by atoms with Gasteiger partial charge in [-0.2, -0.15) is 0 Å². The van der Waals surface area contributed by atoms with Gasteiger partial charge < -0.3 is 15.5 Å². The molecule has 0 radical (unpaired) electrons. The first-order valence-electron chi connectivity index (χ1n) is 12.4. The molecular formula is C29H25N5O3S. The van der Waals surface area contributed by atoms with Gasteiger partial charge in [-0.15, -0.1) is 11.3 Å². The molecule has 2 aromatic heterocycles. The summed E-state index contributed by atoms with van der Waals surface area (Å²) in [5, 5.41) is 6.73. The van der Waals surface area contributed by atoms with Crippen molar-refractivity contribution in [1.29, 1.82) is 0 Å². The summed E-state index contributed by atoms with van der Waals surface area (Å²) in [5.41, 5.74) is 4.02. The molecule has 0 bridgehead atoms. The maximum Gasteiger partial charge on any atom is 0.331 e. The monoisotopic (exact) mass is 523 g/mol. The maximum atomic E-state index is 13.4. The molecule has 38 heavy (non-hydrogen) atoms. The van der Waals surface area contributed by atoms with Crippen LogP contribution in [0.25, 0.3) is 21.3 Å². The third kappa shape index (κ3) is 4.20. The molecule has 2 aliphatic rings. The molecule has 6 rings (SSSR count). The van der Waals surface area contributed by atoms with Gasteiger partial charge in [0.05, 0.1) is 22.4 Å². The van der Waals surface area contributed by atoms with Gasteiger partial charge in [-0.05, 0) is 48.2 Å². The average molecular weight is 524 g/mol. The molecule has 4 aromatic rings. The number of amides is 4. The van der Waals surface area contributed by atoms with E-state index in [1.54, 1.807) is 22.1 Å². The number of anilines is 3. The Bertz CT molecular complexity index is 1560. The lowest BCUT2D eigenvalue weighted by atomic mass is 10.0. The number of urea groups is 1. The highest BCUT2D eigenvalue weighted by Gasteiger charge is 2.33. The van der Waals surface area contributed by atoms with E-state index < -0.39 is 0 Å².